The lowest BCUT2D eigenvalue weighted by Gasteiger charge is -2.17. The molecule has 1 amide bonds. The smallest absolute Gasteiger partial charge is 0.265 e. The van der Waals surface area contributed by atoms with Gasteiger partial charge in [-0.05, 0) is 55.0 Å². The van der Waals surface area contributed by atoms with Crippen molar-refractivity contribution < 1.29 is 22.7 Å². The van der Waals surface area contributed by atoms with Crippen LogP contribution in [0.3, 0.4) is 0 Å². The van der Waals surface area contributed by atoms with Crippen LogP contribution in [0.4, 0.5) is 10.8 Å². The average Bonchev–Trinajstić information content (AvgIpc) is 3.25. The highest BCUT2D eigenvalue weighted by atomic mass is 32.2. The van der Waals surface area contributed by atoms with Crippen LogP contribution in [0.25, 0.3) is 0 Å². The van der Waals surface area contributed by atoms with Crippen molar-refractivity contribution in [1.29, 1.82) is 0 Å². The number of carbonyl (C=O) groups is 1. The van der Waals surface area contributed by atoms with Crippen molar-refractivity contribution in [2.24, 2.45) is 0 Å². The molecule has 0 aliphatic carbocycles. The molecule has 0 saturated heterocycles. The lowest BCUT2D eigenvalue weighted by molar-refractivity contribution is -0.122. The fraction of sp³-hybridized carbons (Fsp3) is 0.200. The van der Waals surface area contributed by atoms with Crippen molar-refractivity contribution in [2.45, 2.75) is 24.3 Å². The maximum atomic E-state index is 12.6. The number of hydrogen-bond donors (Lipinski definition) is 2. The van der Waals surface area contributed by atoms with Crippen molar-refractivity contribution >= 4 is 38.1 Å². The molecule has 0 unspecified atom stereocenters. The van der Waals surface area contributed by atoms with Gasteiger partial charge in [0.2, 0.25) is 0 Å². The monoisotopic (exact) mass is 447 g/mol. The number of nitrogens with zero attached hydrogens (tertiary/aromatic N) is 1. The van der Waals surface area contributed by atoms with Gasteiger partial charge in [0, 0.05) is 17.3 Å². The first-order valence-corrected chi connectivity index (χ1v) is 11.4. The number of anilines is 2. The van der Waals surface area contributed by atoms with Crippen LogP contribution in [0.2, 0.25) is 0 Å². The third-order valence-electron chi connectivity index (χ3n) is 4.09. The maximum Gasteiger partial charge on any atom is 0.265 e. The Labute approximate surface area is 178 Å². The number of sulfonamides is 1. The summed E-state index contributed by atoms with van der Waals surface area (Å²) in [6, 6.07) is 12.8. The van der Waals surface area contributed by atoms with Crippen LogP contribution >= 0.6 is 11.3 Å². The fourth-order valence-corrected chi connectivity index (χ4v) is 4.32. The van der Waals surface area contributed by atoms with Gasteiger partial charge < -0.3 is 14.8 Å². The molecule has 3 aromatic rings. The van der Waals surface area contributed by atoms with Gasteiger partial charge >= 0.3 is 0 Å². The molecule has 0 aliphatic rings. The first-order valence-electron chi connectivity index (χ1n) is 9.05. The maximum absolute atomic E-state index is 12.6. The highest BCUT2D eigenvalue weighted by molar-refractivity contribution is 7.93. The van der Waals surface area contributed by atoms with Crippen LogP contribution in [-0.2, 0) is 14.8 Å². The molecule has 10 heteroatoms. The molecule has 0 radical (unpaired) electrons. The third-order valence-corrected chi connectivity index (χ3v) is 6.26. The van der Waals surface area contributed by atoms with Gasteiger partial charge in [-0.15, -0.1) is 11.3 Å². The Balaban J connectivity index is 1.63. The summed E-state index contributed by atoms with van der Waals surface area (Å²) in [6.45, 7) is 1.84. The van der Waals surface area contributed by atoms with Crippen molar-refractivity contribution in [2.75, 3.05) is 17.1 Å². The molecular weight excluding hydrogens is 426 g/mol. The average molecular weight is 448 g/mol. The molecule has 0 aliphatic heterocycles. The minimum absolute atomic E-state index is 0.0669. The molecule has 0 fully saturated rings. The van der Waals surface area contributed by atoms with Crippen molar-refractivity contribution in [3.63, 3.8) is 0 Å². The second-order valence-corrected chi connectivity index (χ2v) is 8.72. The van der Waals surface area contributed by atoms with E-state index in [9.17, 15) is 13.2 Å². The predicted molar refractivity (Wildman–Crippen MR) is 116 cm³/mol. The Morgan fingerprint density at radius 2 is 1.77 bits per heavy atom. The van der Waals surface area contributed by atoms with Crippen molar-refractivity contribution in [3.8, 4) is 11.5 Å². The van der Waals surface area contributed by atoms with Gasteiger partial charge in [0.1, 0.15) is 11.5 Å². The number of carbonyl (C=O) groups excluding carboxylic acids is 1. The summed E-state index contributed by atoms with van der Waals surface area (Å²) in [5, 5.41) is 4.71. The SMILES string of the molecule is CC[C@@H](Oc1ccc(OC)cc1)C(=O)Nc1ccc(S(=O)(=O)Nc2nccs2)cc1. The fourth-order valence-electron chi connectivity index (χ4n) is 2.53. The van der Waals surface area contributed by atoms with E-state index in [0.29, 0.717) is 23.6 Å². The Morgan fingerprint density at radius 1 is 1.10 bits per heavy atom. The number of nitrogens with one attached hydrogen (secondary N) is 2. The second kappa shape index (κ2) is 9.59. The van der Waals surface area contributed by atoms with Crippen molar-refractivity contribution in [1.82, 2.24) is 4.98 Å². The lowest BCUT2D eigenvalue weighted by Crippen LogP contribution is -2.32. The van der Waals surface area contributed by atoms with Crippen molar-refractivity contribution in [3.05, 3.63) is 60.1 Å². The van der Waals surface area contributed by atoms with Gasteiger partial charge in [0.15, 0.2) is 11.2 Å². The lowest BCUT2D eigenvalue weighted by atomic mass is 10.2. The highest BCUT2D eigenvalue weighted by Gasteiger charge is 2.20. The Hall–Kier alpha value is -3.11. The normalized spacial score (nSPS) is 12.1. The number of methoxy groups -OCH3 is 1. The molecule has 1 atom stereocenters. The topological polar surface area (TPSA) is 107 Å². The number of benzene rings is 2. The van der Waals surface area contributed by atoms with E-state index in [4.69, 9.17) is 9.47 Å². The van der Waals surface area contributed by atoms with Gasteiger partial charge in [-0.2, -0.15) is 0 Å². The molecular formula is C20H21N3O5S2. The summed E-state index contributed by atoms with van der Waals surface area (Å²) in [4.78, 5) is 16.5. The zero-order chi connectivity index (χ0) is 21.6. The van der Waals surface area contributed by atoms with Gasteiger partial charge in [-0.3, -0.25) is 9.52 Å². The molecule has 0 saturated carbocycles. The van der Waals surface area contributed by atoms with Crippen LogP contribution < -0.4 is 19.5 Å². The Morgan fingerprint density at radius 3 is 2.33 bits per heavy atom. The molecule has 2 aromatic carbocycles. The molecule has 0 spiro atoms. The van der Waals surface area contributed by atoms with E-state index >= 15 is 0 Å². The number of ether oxygens (including phenoxy) is 2. The molecule has 30 heavy (non-hydrogen) atoms. The summed E-state index contributed by atoms with van der Waals surface area (Å²) in [5.41, 5.74) is 0.463. The number of aromatic nitrogens is 1. The minimum Gasteiger partial charge on any atom is -0.497 e. The van der Waals surface area contributed by atoms with E-state index < -0.39 is 16.1 Å². The van der Waals surface area contributed by atoms with Crippen LogP contribution in [0.15, 0.2) is 65.0 Å². The number of rotatable bonds is 9. The molecule has 1 aromatic heterocycles. The highest BCUT2D eigenvalue weighted by Crippen LogP contribution is 2.21. The Kier molecular flexibility index (Phi) is 6.91. The molecule has 158 valence electrons. The van der Waals surface area contributed by atoms with E-state index in [-0.39, 0.29) is 15.9 Å². The third kappa shape index (κ3) is 5.49. The molecule has 2 N–H and O–H groups in total. The summed E-state index contributed by atoms with van der Waals surface area (Å²) >= 11 is 1.19. The van der Waals surface area contributed by atoms with Crippen LogP contribution in [-0.4, -0.2) is 32.5 Å². The van der Waals surface area contributed by atoms with E-state index in [1.54, 1.807) is 36.8 Å². The van der Waals surface area contributed by atoms with E-state index in [1.807, 2.05) is 6.92 Å². The minimum atomic E-state index is -3.75. The van der Waals surface area contributed by atoms with Gasteiger partial charge in [-0.1, -0.05) is 6.92 Å². The summed E-state index contributed by atoms with van der Waals surface area (Å²) in [5.74, 6) is 0.913. The molecule has 1 heterocycles. The van der Waals surface area contributed by atoms with E-state index in [0.717, 1.165) is 0 Å². The summed E-state index contributed by atoms with van der Waals surface area (Å²) in [6.07, 6.45) is 1.27. The van der Waals surface area contributed by atoms with E-state index in [1.165, 1.54) is 41.8 Å². The van der Waals surface area contributed by atoms with Crippen LogP contribution in [0.5, 0.6) is 11.5 Å². The zero-order valence-corrected chi connectivity index (χ0v) is 18.0. The number of hydrogen-bond acceptors (Lipinski definition) is 7. The summed E-state index contributed by atoms with van der Waals surface area (Å²) in [7, 11) is -2.17. The van der Waals surface area contributed by atoms with Crippen LogP contribution in [0.1, 0.15) is 13.3 Å². The predicted octanol–water partition coefficient (Wildman–Crippen LogP) is 3.75. The summed E-state index contributed by atoms with van der Waals surface area (Å²) < 4.78 is 38.0. The van der Waals surface area contributed by atoms with Crippen LogP contribution in [0, 0.1) is 0 Å². The number of thiazole rings is 1. The van der Waals surface area contributed by atoms with Gasteiger partial charge in [0.25, 0.3) is 15.9 Å². The quantitative estimate of drug-likeness (QED) is 0.517. The zero-order valence-electron chi connectivity index (χ0n) is 16.4. The first-order chi connectivity index (χ1) is 14.4. The molecule has 3 rings (SSSR count). The first kappa shape index (κ1) is 21.6. The standard InChI is InChI=1S/C20H21N3O5S2/c1-3-18(28-16-8-6-15(27-2)7-9-16)19(24)22-14-4-10-17(11-5-14)30(25,26)23-20-21-12-13-29-20/h4-13,18H,3H2,1-2H3,(H,21,23)(H,22,24)/t18-/m1/s1. The van der Waals surface area contributed by atoms with E-state index in [2.05, 4.69) is 15.0 Å². The second-order valence-electron chi connectivity index (χ2n) is 6.15. The number of amides is 1. The molecule has 8 nitrogen and oxygen atoms in total. The van der Waals surface area contributed by atoms with Gasteiger partial charge in [-0.25, -0.2) is 13.4 Å². The largest absolute Gasteiger partial charge is 0.497 e. The Bertz CT molecular complexity index is 1070. The molecule has 0 bridgehead atoms. The van der Waals surface area contributed by atoms with Gasteiger partial charge in [0.05, 0.1) is 12.0 Å².